The minimum Gasteiger partial charge on any atom is -0.462 e. The average molecular weight is 1020 g/mol. The molecule has 1 atom stereocenters. The molecule has 0 radical (unpaired) electrons. The molecule has 0 heterocycles. The molecule has 418 valence electrons. The van der Waals surface area contributed by atoms with Gasteiger partial charge in [0.05, 0.1) is 6.61 Å². The second-order valence-corrected chi connectivity index (χ2v) is 19.7. The van der Waals surface area contributed by atoms with Crippen LogP contribution in [0.25, 0.3) is 0 Å². The zero-order valence-electron chi connectivity index (χ0n) is 47.8. The first kappa shape index (κ1) is 69.8. The highest BCUT2D eigenvalue weighted by molar-refractivity contribution is 5.70. The van der Waals surface area contributed by atoms with E-state index in [0.29, 0.717) is 12.8 Å². The molecular weight excluding hydrogens is 909 g/mol. The SMILES string of the molecule is CC/C=C\C/C=C\C/C=C\C/C=C\C/C=C\C/C=C\C/C=C\C/C=C\CCCCCCCCCCCCC(=O)OC(CO)COC(=O)CCCCCCCCCCCCCC/C=C\C/C=C\C/C=C\C/C=C\CC. The Bertz CT molecular complexity index is 1580. The molecule has 0 bridgehead atoms. The number of aliphatic hydroxyl groups excluding tert-OH is 1. The molecule has 0 aliphatic heterocycles. The Morgan fingerprint density at radius 2 is 0.541 bits per heavy atom. The van der Waals surface area contributed by atoms with Crippen LogP contribution in [0.1, 0.15) is 258 Å². The number of esters is 2. The first-order chi connectivity index (χ1) is 36.6. The number of ether oxygens (including phenoxy) is 2. The maximum absolute atomic E-state index is 12.3. The summed E-state index contributed by atoms with van der Waals surface area (Å²) in [5, 5.41) is 9.67. The summed E-state index contributed by atoms with van der Waals surface area (Å²) in [6.07, 6.45) is 95.4. The van der Waals surface area contributed by atoms with Crippen LogP contribution in [-0.4, -0.2) is 36.4 Å². The van der Waals surface area contributed by atoms with Gasteiger partial charge in [0.25, 0.3) is 0 Å². The van der Waals surface area contributed by atoms with Gasteiger partial charge in [-0.3, -0.25) is 9.59 Å². The van der Waals surface area contributed by atoms with E-state index >= 15 is 0 Å². The van der Waals surface area contributed by atoms with Gasteiger partial charge in [0, 0.05) is 12.8 Å². The second-order valence-electron chi connectivity index (χ2n) is 19.7. The lowest BCUT2D eigenvalue weighted by atomic mass is 10.0. The van der Waals surface area contributed by atoms with Crippen LogP contribution in [0.15, 0.2) is 146 Å². The first-order valence-corrected chi connectivity index (χ1v) is 30.4. The van der Waals surface area contributed by atoms with Crippen LogP contribution >= 0.6 is 0 Å². The largest absolute Gasteiger partial charge is 0.462 e. The zero-order valence-corrected chi connectivity index (χ0v) is 47.8. The lowest BCUT2D eigenvalue weighted by Gasteiger charge is -2.15. The molecule has 1 unspecified atom stereocenters. The predicted octanol–water partition coefficient (Wildman–Crippen LogP) is 21.0. The van der Waals surface area contributed by atoms with Gasteiger partial charge in [-0.25, -0.2) is 0 Å². The van der Waals surface area contributed by atoms with Crippen LogP contribution in [-0.2, 0) is 19.1 Å². The fourth-order valence-electron chi connectivity index (χ4n) is 8.15. The maximum Gasteiger partial charge on any atom is 0.306 e. The van der Waals surface area contributed by atoms with E-state index in [4.69, 9.17) is 9.47 Å². The molecule has 5 nitrogen and oxygen atoms in total. The summed E-state index contributed by atoms with van der Waals surface area (Å²) in [5.41, 5.74) is 0. The maximum atomic E-state index is 12.3. The van der Waals surface area contributed by atoms with E-state index in [1.807, 2.05) is 0 Å². The molecule has 0 rings (SSSR count). The molecular formula is C69H112O5. The highest BCUT2D eigenvalue weighted by Crippen LogP contribution is 2.15. The number of rotatable bonds is 54. The molecule has 5 heteroatoms. The summed E-state index contributed by atoms with van der Waals surface area (Å²) >= 11 is 0. The van der Waals surface area contributed by atoms with Crippen LogP contribution in [0.2, 0.25) is 0 Å². The fraction of sp³-hybridized carbons (Fsp3) is 0.623. The van der Waals surface area contributed by atoms with Crippen molar-refractivity contribution in [1.82, 2.24) is 0 Å². The normalized spacial score (nSPS) is 13.3. The van der Waals surface area contributed by atoms with Crippen molar-refractivity contribution in [3.8, 4) is 0 Å². The van der Waals surface area contributed by atoms with Gasteiger partial charge < -0.3 is 14.6 Å². The van der Waals surface area contributed by atoms with Crippen LogP contribution in [0.5, 0.6) is 0 Å². The summed E-state index contributed by atoms with van der Waals surface area (Å²) in [7, 11) is 0. The summed E-state index contributed by atoms with van der Waals surface area (Å²) in [6.45, 7) is 3.91. The number of unbranched alkanes of at least 4 members (excludes halogenated alkanes) is 22. The minimum atomic E-state index is -0.786. The number of carbonyl (C=O) groups excluding carboxylic acids is 2. The van der Waals surface area contributed by atoms with E-state index in [9.17, 15) is 14.7 Å². The van der Waals surface area contributed by atoms with Crippen molar-refractivity contribution in [2.24, 2.45) is 0 Å². The van der Waals surface area contributed by atoms with Gasteiger partial charge >= 0.3 is 11.9 Å². The van der Waals surface area contributed by atoms with Crippen molar-refractivity contribution < 1.29 is 24.2 Å². The summed E-state index contributed by atoms with van der Waals surface area (Å²) in [5.74, 6) is -0.602. The lowest BCUT2D eigenvalue weighted by molar-refractivity contribution is -0.161. The molecule has 0 amide bonds. The molecule has 0 aromatic heterocycles. The standard InChI is InChI=1S/C69H112O5/c1-3-5-7-9-11-13-15-17-19-21-23-25-27-29-30-31-32-33-34-35-36-37-38-40-42-44-46-48-50-52-54-56-58-60-62-64-69(72)74-67(65-70)66-73-68(71)63-61-59-57-55-53-51-49-47-45-43-41-39-28-26-24-22-20-18-16-14-12-10-8-6-4-2/h5-8,11-14,17-20,23-26,29-30,32-33,35-36,38,40,67,70H,3-4,9-10,15-16,21-22,27-28,31,34,37,39,41-66H2,1-2H3/b7-5-,8-6-,13-11-,14-12-,19-17-,20-18-,25-23-,26-24-,30-29-,33-32-,36-35-,40-38-. The summed E-state index contributed by atoms with van der Waals surface area (Å²) in [4.78, 5) is 24.6. The van der Waals surface area contributed by atoms with Crippen molar-refractivity contribution in [2.75, 3.05) is 13.2 Å². The van der Waals surface area contributed by atoms with E-state index < -0.39 is 6.10 Å². The Hall–Kier alpha value is -4.22. The fourth-order valence-corrected chi connectivity index (χ4v) is 8.15. The van der Waals surface area contributed by atoms with Gasteiger partial charge in [-0.2, -0.15) is 0 Å². The smallest absolute Gasteiger partial charge is 0.306 e. The van der Waals surface area contributed by atoms with Crippen LogP contribution in [0.4, 0.5) is 0 Å². The average Bonchev–Trinajstić information content (AvgIpc) is 3.40. The summed E-state index contributed by atoms with van der Waals surface area (Å²) in [6, 6.07) is 0. The number of hydrogen-bond acceptors (Lipinski definition) is 5. The van der Waals surface area contributed by atoms with E-state index in [0.717, 1.165) is 116 Å². The van der Waals surface area contributed by atoms with Gasteiger partial charge in [-0.05, 0) is 116 Å². The zero-order chi connectivity index (χ0) is 53.4. The van der Waals surface area contributed by atoms with Crippen molar-refractivity contribution in [3.63, 3.8) is 0 Å². The van der Waals surface area contributed by atoms with Gasteiger partial charge in [-0.1, -0.05) is 275 Å². The van der Waals surface area contributed by atoms with Gasteiger partial charge in [0.15, 0.2) is 6.10 Å². The minimum absolute atomic E-state index is 0.0759. The third-order valence-electron chi connectivity index (χ3n) is 12.6. The molecule has 0 saturated carbocycles. The molecule has 0 spiro atoms. The third-order valence-corrected chi connectivity index (χ3v) is 12.6. The first-order valence-electron chi connectivity index (χ1n) is 30.4. The van der Waals surface area contributed by atoms with Gasteiger partial charge in [0.2, 0.25) is 0 Å². The Labute approximate surface area is 457 Å². The van der Waals surface area contributed by atoms with Crippen molar-refractivity contribution in [1.29, 1.82) is 0 Å². The van der Waals surface area contributed by atoms with Crippen molar-refractivity contribution in [3.05, 3.63) is 146 Å². The van der Waals surface area contributed by atoms with E-state index in [-0.39, 0.29) is 25.2 Å². The topological polar surface area (TPSA) is 72.8 Å². The predicted molar refractivity (Wildman–Crippen MR) is 324 cm³/mol. The lowest BCUT2D eigenvalue weighted by Crippen LogP contribution is -2.28. The quantitative estimate of drug-likeness (QED) is 0.0373. The van der Waals surface area contributed by atoms with Crippen LogP contribution in [0, 0.1) is 0 Å². The molecule has 0 saturated heterocycles. The van der Waals surface area contributed by atoms with Crippen LogP contribution < -0.4 is 0 Å². The number of allylic oxidation sites excluding steroid dienone is 24. The van der Waals surface area contributed by atoms with Gasteiger partial charge in [0.1, 0.15) is 6.61 Å². The van der Waals surface area contributed by atoms with Crippen molar-refractivity contribution >= 4 is 11.9 Å². The second kappa shape index (κ2) is 63.1. The molecule has 0 fully saturated rings. The molecule has 74 heavy (non-hydrogen) atoms. The summed E-state index contributed by atoms with van der Waals surface area (Å²) < 4.78 is 10.7. The molecule has 0 aliphatic carbocycles. The number of aliphatic hydroxyl groups is 1. The van der Waals surface area contributed by atoms with E-state index in [1.165, 1.54) is 116 Å². The molecule has 1 N–H and O–H groups in total. The highest BCUT2D eigenvalue weighted by Gasteiger charge is 2.16. The van der Waals surface area contributed by atoms with E-state index in [2.05, 4.69) is 160 Å². The molecule has 0 aromatic rings. The highest BCUT2D eigenvalue weighted by atomic mass is 16.6. The van der Waals surface area contributed by atoms with Gasteiger partial charge in [-0.15, -0.1) is 0 Å². The van der Waals surface area contributed by atoms with Crippen molar-refractivity contribution in [2.45, 2.75) is 264 Å². The van der Waals surface area contributed by atoms with E-state index in [1.54, 1.807) is 0 Å². The molecule has 0 aliphatic rings. The van der Waals surface area contributed by atoms with Crippen LogP contribution in [0.3, 0.4) is 0 Å². The molecule has 0 aromatic carbocycles. The Morgan fingerprint density at radius 3 is 0.811 bits per heavy atom. The Morgan fingerprint density at radius 1 is 0.311 bits per heavy atom. The Kier molecular flexibility index (Phi) is 59.5. The monoisotopic (exact) mass is 1020 g/mol. The number of hydrogen-bond donors (Lipinski definition) is 1. The Balaban J connectivity index is 3.56. The number of carbonyl (C=O) groups is 2. The third kappa shape index (κ3) is 60.3.